The minimum atomic E-state index is 0.215. The molecule has 2 rings (SSSR count). The number of ether oxygens (including phenoxy) is 1. The van der Waals surface area contributed by atoms with Crippen molar-refractivity contribution in [2.75, 3.05) is 0 Å². The van der Waals surface area contributed by atoms with Gasteiger partial charge in [0.05, 0.1) is 10.0 Å². The van der Waals surface area contributed by atoms with Gasteiger partial charge in [-0.15, -0.1) is 0 Å². The van der Waals surface area contributed by atoms with Crippen LogP contribution in [0.2, 0.25) is 20.4 Å². The Labute approximate surface area is 124 Å². The zero-order valence-corrected chi connectivity index (χ0v) is 12.0. The van der Waals surface area contributed by atoms with Crippen molar-refractivity contribution in [2.45, 2.75) is 6.61 Å². The van der Waals surface area contributed by atoms with E-state index in [1.165, 1.54) is 0 Å². The molecule has 1 aromatic carbocycles. The molecule has 0 bridgehead atoms. The lowest BCUT2D eigenvalue weighted by atomic mass is 10.3. The van der Waals surface area contributed by atoms with Gasteiger partial charge in [0.25, 0.3) is 0 Å². The highest BCUT2D eigenvalue weighted by molar-refractivity contribution is 6.37. The highest BCUT2D eigenvalue weighted by Gasteiger charge is 2.09. The predicted molar refractivity (Wildman–Crippen MR) is 75.1 cm³/mol. The van der Waals surface area contributed by atoms with Gasteiger partial charge < -0.3 is 4.74 Å². The summed E-state index contributed by atoms with van der Waals surface area (Å²) in [7, 11) is 0. The second-order valence-corrected chi connectivity index (χ2v) is 4.98. The number of benzene rings is 1. The number of nitrogens with zero attached hydrogens (tertiary/aromatic N) is 1. The number of para-hydroxylation sites is 1. The van der Waals surface area contributed by atoms with Crippen molar-refractivity contribution in [2.24, 2.45) is 0 Å². The summed E-state index contributed by atoms with van der Waals surface area (Å²) in [6.45, 7) is 0.215. The Kier molecular flexibility index (Phi) is 4.57. The Hall–Kier alpha value is -0.670. The van der Waals surface area contributed by atoms with E-state index in [1.54, 1.807) is 30.3 Å². The van der Waals surface area contributed by atoms with Gasteiger partial charge in [-0.1, -0.05) is 52.5 Å². The molecule has 1 heterocycles. The van der Waals surface area contributed by atoms with Crippen molar-refractivity contribution in [3.63, 3.8) is 0 Å². The van der Waals surface area contributed by atoms with Crippen LogP contribution in [0.3, 0.4) is 0 Å². The molecule has 6 heteroatoms. The topological polar surface area (TPSA) is 22.1 Å². The molecule has 1 aromatic heterocycles. The van der Waals surface area contributed by atoms with Crippen LogP contribution in [0.25, 0.3) is 0 Å². The molecule has 0 aliphatic carbocycles. The maximum Gasteiger partial charge on any atom is 0.156 e. The van der Waals surface area contributed by atoms with Crippen molar-refractivity contribution < 1.29 is 4.74 Å². The summed E-state index contributed by atoms with van der Waals surface area (Å²) < 4.78 is 5.54. The summed E-state index contributed by atoms with van der Waals surface area (Å²) in [6, 6.07) is 8.52. The van der Waals surface area contributed by atoms with Gasteiger partial charge in [0.2, 0.25) is 0 Å². The van der Waals surface area contributed by atoms with Crippen LogP contribution in [0.5, 0.6) is 5.75 Å². The highest BCUT2D eigenvalue weighted by Crippen LogP contribution is 2.33. The number of halogens is 4. The van der Waals surface area contributed by atoms with Gasteiger partial charge in [-0.3, -0.25) is 0 Å². The van der Waals surface area contributed by atoms with Crippen LogP contribution in [0.4, 0.5) is 0 Å². The van der Waals surface area contributed by atoms with E-state index in [4.69, 9.17) is 51.1 Å². The molecular weight excluding hydrogens is 316 g/mol. The lowest BCUT2D eigenvalue weighted by Crippen LogP contribution is -1.98. The second kappa shape index (κ2) is 5.98. The van der Waals surface area contributed by atoms with Gasteiger partial charge in [-0.25, -0.2) is 4.98 Å². The van der Waals surface area contributed by atoms with Gasteiger partial charge >= 0.3 is 0 Å². The van der Waals surface area contributed by atoms with Gasteiger partial charge in [0, 0.05) is 5.56 Å². The van der Waals surface area contributed by atoms with Crippen molar-refractivity contribution in [1.82, 2.24) is 4.98 Å². The largest absolute Gasteiger partial charge is 0.486 e. The van der Waals surface area contributed by atoms with Crippen molar-refractivity contribution in [1.29, 1.82) is 0 Å². The molecule has 0 aliphatic heterocycles. The first kappa shape index (κ1) is 13.8. The molecule has 0 saturated carbocycles. The number of hydrogen-bond acceptors (Lipinski definition) is 2. The molecule has 0 N–H and O–H groups in total. The minimum Gasteiger partial charge on any atom is -0.486 e. The van der Waals surface area contributed by atoms with E-state index in [0.29, 0.717) is 31.7 Å². The van der Waals surface area contributed by atoms with E-state index >= 15 is 0 Å². The molecular formula is C12H7Cl4NO. The summed E-state index contributed by atoms with van der Waals surface area (Å²) >= 11 is 23.6. The second-order valence-electron chi connectivity index (χ2n) is 3.42. The molecule has 2 aromatic rings. The lowest BCUT2D eigenvalue weighted by Gasteiger charge is -2.10. The summed E-state index contributed by atoms with van der Waals surface area (Å²) in [4.78, 5) is 3.92. The number of rotatable bonds is 3. The van der Waals surface area contributed by atoms with Crippen molar-refractivity contribution in [3.8, 4) is 5.75 Å². The standard InChI is InChI=1S/C12H7Cl4NO/c13-8-2-1-3-9(14)11(8)18-6-7-4-5-10(15)17-12(7)16/h1-5H,6H2. The summed E-state index contributed by atoms with van der Waals surface area (Å²) in [5, 5.41) is 1.52. The SMILES string of the molecule is Clc1ccc(COc2c(Cl)cccc2Cl)c(Cl)n1. The first-order chi connectivity index (χ1) is 8.58. The van der Waals surface area contributed by atoms with E-state index in [9.17, 15) is 0 Å². The predicted octanol–water partition coefficient (Wildman–Crippen LogP) is 5.27. The molecule has 2 nitrogen and oxygen atoms in total. The normalized spacial score (nSPS) is 10.4. The van der Waals surface area contributed by atoms with E-state index in [1.807, 2.05) is 0 Å². The van der Waals surface area contributed by atoms with Crippen LogP contribution >= 0.6 is 46.4 Å². The van der Waals surface area contributed by atoms with Crippen molar-refractivity contribution >= 4 is 46.4 Å². The Morgan fingerprint density at radius 1 is 0.944 bits per heavy atom. The average Bonchev–Trinajstić information content (AvgIpc) is 2.31. The average molecular weight is 323 g/mol. The molecule has 0 radical (unpaired) electrons. The maximum atomic E-state index is 5.98. The molecule has 0 saturated heterocycles. The zero-order chi connectivity index (χ0) is 13.1. The quantitative estimate of drug-likeness (QED) is 0.718. The lowest BCUT2D eigenvalue weighted by molar-refractivity contribution is 0.306. The first-order valence-corrected chi connectivity index (χ1v) is 6.47. The van der Waals surface area contributed by atoms with E-state index in [2.05, 4.69) is 4.98 Å². The van der Waals surface area contributed by atoms with Crippen LogP contribution in [0.15, 0.2) is 30.3 Å². The monoisotopic (exact) mass is 321 g/mol. The van der Waals surface area contributed by atoms with Gasteiger partial charge in [-0.2, -0.15) is 0 Å². The van der Waals surface area contributed by atoms with Gasteiger partial charge in [0.1, 0.15) is 16.9 Å². The highest BCUT2D eigenvalue weighted by atomic mass is 35.5. The van der Waals surface area contributed by atoms with Gasteiger partial charge in [0.15, 0.2) is 5.75 Å². The molecule has 94 valence electrons. The molecule has 0 aliphatic rings. The van der Waals surface area contributed by atoms with E-state index in [0.717, 1.165) is 0 Å². The molecule has 0 amide bonds. The molecule has 18 heavy (non-hydrogen) atoms. The smallest absolute Gasteiger partial charge is 0.156 e. The fourth-order valence-electron chi connectivity index (χ4n) is 1.32. The summed E-state index contributed by atoms with van der Waals surface area (Å²) in [6.07, 6.45) is 0. The Bertz CT molecular complexity index is 554. The maximum absolute atomic E-state index is 5.98. The molecule has 0 spiro atoms. The van der Waals surface area contributed by atoms with Crippen LogP contribution in [0.1, 0.15) is 5.56 Å². The van der Waals surface area contributed by atoms with Crippen LogP contribution in [-0.4, -0.2) is 4.98 Å². The van der Waals surface area contributed by atoms with Crippen LogP contribution in [0, 0.1) is 0 Å². The van der Waals surface area contributed by atoms with E-state index in [-0.39, 0.29) is 6.61 Å². The molecule has 0 unspecified atom stereocenters. The van der Waals surface area contributed by atoms with E-state index < -0.39 is 0 Å². The third-order valence-corrected chi connectivity index (χ3v) is 3.32. The zero-order valence-electron chi connectivity index (χ0n) is 8.96. The number of hydrogen-bond donors (Lipinski definition) is 0. The Morgan fingerprint density at radius 2 is 1.61 bits per heavy atom. The van der Waals surface area contributed by atoms with Crippen LogP contribution in [-0.2, 0) is 6.61 Å². The summed E-state index contributed by atoms with van der Waals surface area (Å²) in [5.41, 5.74) is 0.706. The number of pyridine rings is 1. The summed E-state index contributed by atoms with van der Waals surface area (Å²) in [5.74, 6) is 0.423. The third kappa shape index (κ3) is 3.21. The molecule has 0 fully saturated rings. The van der Waals surface area contributed by atoms with Crippen molar-refractivity contribution in [3.05, 3.63) is 56.2 Å². The van der Waals surface area contributed by atoms with Gasteiger partial charge in [-0.05, 0) is 24.3 Å². The molecule has 0 atom stereocenters. The minimum absolute atomic E-state index is 0.215. The Balaban J connectivity index is 2.16. The third-order valence-electron chi connectivity index (χ3n) is 2.18. The fourth-order valence-corrected chi connectivity index (χ4v) is 2.22. The Morgan fingerprint density at radius 3 is 2.22 bits per heavy atom. The first-order valence-electron chi connectivity index (χ1n) is 4.95. The number of aromatic nitrogens is 1. The fraction of sp³-hybridized carbons (Fsp3) is 0.0833. The van der Waals surface area contributed by atoms with Crippen LogP contribution < -0.4 is 4.74 Å².